The minimum Gasteiger partial charge on any atom is -0.497 e. The number of ketones is 1. The number of benzene rings is 1. The molecule has 90 valence electrons. The van der Waals surface area contributed by atoms with Gasteiger partial charge in [0.15, 0.2) is 5.78 Å². The van der Waals surface area contributed by atoms with E-state index in [1.165, 1.54) is 0 Å². The molecular formula is C14H16O3. The summed E-state index contributed by atoms with van der Waals surface area (Å²) in [5.41, 5.74) is 1.85. The first kappa shape index (κ1) is 11.7. The second kappa shape index (κ2) is 5.04. The summed E-state index contributed by atoms with van der Waals surface area (Å²) < 4.78 is 10.4. The summed E-state index contributed by atoms with van der Waals surface area (Å²) in [5.74, 6) is 1.73. The minimum absolute atomic E-state index is 0.256. The van der Waals surface area contributed by atoms with E-state index in [1.54, 1.807) is 14.2 Å². The molecule has 0 aromatic heterocycles. The Morgan fingerprint density at radius 1 is 1.06 bits per heavy atom. The Balaban J connectivity index is 2.34. The highest BCUT2D eigenvalue weighted by Gasteiger charge is 2.16. The van der Waals surface area contributed by atoms with Crippen LogP contribution < -0.4 is 9.47 Å². The molecule has 0 radical (unpaired) electrons. The van der Waals surface area contributed by atoms with Gasteiger partial charge in [0.25, 0.3) is 0 Å². The zero-order chi connectivity index (χ0) is 12.3. The summed E-state index contributed by atoms with van der Waals surface area (Å²) in [6.07, 6.45) is 4.44. The Hall–Kier alpha value is -1.77. The summed E-state index contributed by atoms with van der Waals surface area (Å²) >= 11 is 0. The number of carbonyl (C=O) groups excluding carboxylic acids is 1. The molecule has 1 saturated carbocycles. The fourth-order valence-corrected chi connectivity index (χ4v) is 2.01. The summed E-state index contributed by atoms with van der Waals surface area (Å²) in [6.45, 7) is 0. The van der Waals surface area contributed by atoms with Gasteiger partial charge in [-0.25, -0.2) is 0 Å². The number of allylic oxidation sites excluding steroid dienone is 1. The molecule has 1 fully saturated rings. The number of methoxy groups -OCH3 is 2. The molecule has 0 N–H and O–H groups in total. The van der Waals surface area contributed by atoms with E-state index in [9.17, 15) is 4.79 Å². The third-order valence-corrected chi connectivity index (χ3v) is 2.92. The van der Waals surface area contributed by atoms with Gasteiger partial charge >= 0.3 is 0 Å². The summed E-state index contributed by atoms with van der Waals surface area (Å²) in [5, 5.41) is 0. The van der Waals surface area contributed by atoms with Gasteiger partial charge in [-0.1, -0.05) is 0 Å². The van der Waals surface area contributed by atoms with Gasteiger partial charge in [0.1, 0.15) is 11.5 Å². The van der Waals surface area contributed by atoms with E-state index in [1.807, 2.05) is 24.3 Å². The van der Waals surface area contributed by atoms with Crippen LogP contribution in [0.15, 0.2) is 23.8 Å². The third-order valence-electron chi connectivity index (χ3n) is 2.92. The monoisotopic (exact) mass is 232 g/mol. The van der Waals surface area contributed by atoms with Crippen molar-refractivity contribution in [3.8, 4) is 11.5 Å². The van der Waals surface area contributed by atoms with Crippen LogP contribution in [-0.4, -0.2) is 20.0 Å². The summed E-state index contributed by atoms with van der Waals surface area (Å²) in [7, 11) is 3.23. The lowest BCUT2D eigenvalue weighted by molar-refractivity contribution is -0.114. The lowest BCUT2D eigenvalue weighted by atomic mass is 10.1. The average molecular weight is 232 g/mol. The lowest BCUT2D eigenvalue weighted by Gasteiger charge is -2.06. The van der Waals surface area contributed by atoms with Crippen molar-refractivity contribution in [2.24, 2.45) is 0 Å². The molecule has 17 heavy (non-hydrogen) atoms. The van der Waals surface area contributed by atoms with Gasteiger partial charge < -0.3 is 9.47 Å². The zero-order valence-electron chi connectivity index (χ0n) is 10.2. The van der Waals surface area contributed by atoms with Crippen molar-refractivity contribution >= 4 is 11.9 Å². The van der Waals surface area contributed by atoms with Crippen molar-refractivity contribution in [2.75, 3.05) is 14.2 Å². The Labute approximate surface area is 101 Å². The van der Waals surface area contributed by atoms with E-state index < -0.39 is 0 Å². The van der Waals surface area contributed by atoms with Gasteiger partial charge in [-0.05, 0) is 42.2 Å². The fraction of sp³-hybridized carbons (Fsp3) is 0.357. The molecule has 1 aliphatic rings. The fourth-order valence-electron chi connectivity index (χ4n) is 2.01. The largest absolute Gasteiger partial charge is 0.497 e. The molecule has 2 rings (SSSR count). The average Bonchev–Trinajstić information content (AvgIpc) is 2.74. The van der Waals surface area contributed by atoms with Crippen molar-refractivity contribution in [3.63, 3.8) is 0 Å². The van der Waals surface area contributed by atoms with Crippen LogP contribution in [0.3, 0.4) is 0 Å². The Kier molecular flexibility index (Phi) is 3.47. The van der Waals surface area contributed by atoms with E-state index in [0.717, 1.165) is 35.5 Å². The summed E-state index contributed by atoms with van der Waals surface area (Å²) in [6, 6.07) is 5.63. The first-order valence-corrected chi connectivity index (χ1v) is 5.70. The Bertz CT molecular complexity index is 438. The first-order chi connectivity index (χ1) is 8.22. The van der Waals surface area contributed by atoms with Gasteiger partial charge in [-0.2, -0.15) is 0 Å². The normalized spacial score (nSPS) is 17.5. The van der Waals surface area contributed by atoms with Crippen LogP contribution in [0.5, 0.6) is 11.5 Å². The van der Waals surface area contributed by atoms with Crippen molar-refractivity contribution in [3.05, 3.63) is 29.3 Å². The van der Waals surface area contributed by atoms with Crippen LogP contribution in [0.4, 0.5) is 0 Å². The predicted molar refractivity (Wildman–Crippen MR) is 66.4 cm³/mol. The molecule has 1 aliphatic carbocycles. The highest BCUT2D eigenvalue weighted by Crippen LogP contribution is 2.27. The van der Waals surface area contributed by atoms with Gasteiger partial charge in [0.2, 0.25) is 0 Å². The quantitative estimate of drug-likeness (QED) is 0.752. The van der Waals surface area contributed by atoms with E-state index in [-0.39, 0.29) is 5.78 Å². The summed E-state index contributed by atoms with van der Waals surface area (Å²) in [4.78, 5) is 11.6. The maximum absolute atomic E-state index is 11.6. The molecule has 3 heteroatoms. The van der Waals surface area contributed by atoms with Crippen LogP contribution in [0.2, 0.25) is 0 Å². The van der Waals surface area contributed by atoms with Crippen molar-refractivity contribution in [1.29, 1.82) is 0 Å². The van der Waals surface area contributed by atoms with Gasteiger partial charge in [-0.3, -0.25) is 4.79 Å². The smallest absolute Gasteiger partial charge is 0.158 e. The molecule has 1 aromatic rings. The molecule has 0 spiro atoms. The van der Waals surface area contributed by atoms with E-state index in [0.29, 0.717) is 6.42 Å². The second-order valence-corrected chi connectivity index (χ2v) is 4.09. The zero-order valence-corrected chi connectivity index (χ0v) is 10.2. The number of Topliss-reactive ketones (excluding diaryl/α,β-unsaturated/α-hetero) is 1. The standard InChI is InChI=1S/C14H16O3/c1-16-12-7-10(8-13(9-12)17-2)6-11-4-3-5-14(11)15/h6-9H,3-5H2,1-2H3/b11-6-. The lowest BCUT2D eigenvalue weighted by Crippen LogP contribution is -1.92. The maximum Gasteiger partial charge on any atom is 0.158 e. The number of carbonyl (C=O) groups is 1. The second-order valence-electron chi connectivity index (χ2n) is 4.09. The highest BCUT2D eigenvalue weighted by atomic mass is 16.5. The molecule has 0 heterocycles. The van der Waals surface area contributed by atoms with Crippen LogP contribution in [0.1, 0.15) is 24.8 Å². The van der Waals surface area contributed by atoms with E-state index in [2.05, 4.69) is 0 Å². The van der Waals surface area contributed by atoms with Gasteiger partial charge in [-0.15, -0.1) is 0 Å². The molecule has 0 atom stereocenters. The van der Waals surface area contributed by atoms with Crippen molar-refractivity contribution in [1.82, 2.24) is 0 Å². The van der Waals surface area contributed by atoms with Gasteiger partial charge in [0.05, 0.1) is 14.2 Å². The van der Waals surface area contributed by atoms with Crippen LogP contribution in [0.25, 0.3) is 6.08 Å². The molecule has 0 bridgehead atoms. The molecule has 0 unspecified atom stereocenters. The van der Waals surface area contributed by atoms with Gasteiger partial charge in [0, 0.05) is 12.5 Å². The maximum atomic E-state index is 11.6. The Morgan fingerprint density at radius 3 is 2.18 bits per heavy atom. The first-order valence-electron chi connectivity index (χ1n) is 5.70. The molecule has 3 nitrogen and oxygen atoms in total. The molecular weight excluding hydrogens is 216 g/mol. The SMILES string of the molecule is COc1cc(/C=C2/CCCC2=O)cc(OC)c1. The third kappa shape index (κ3) is 2.67. The molecule has 0 amide bonds. The number of rotatable bonds is 3. The minimum atomic E-state index is 0.256. The number of ether oxygens (including phenoxy) is 2. The number of hydrogen-bond acceptors (Lipinski definition) is 3. The van der Waals surface area contributed by atoms with Crippen LogP contribution in [0, 0.1) is 0 Å². The van der Waals surface area contributed by atoms with Crippen LogP contribution >= 0.6 is 0 Å². The van der Waals surface area contributed by atoms with E-state index in [4.69, 9.17) is 9.47 Å². The topological polar surface area (TPSA) is 35.5 Å². The van der Waals surface area contributed by atoms with Crippen molar-refractivity contribution in [2.45, 2.75) is 19.3 Å². The highest BCUT2D eigenvalue weighted by molar-refractivity contribution is 6.01. The van der Waals surface area contributed by atoms with Crippen molar-refractivity contribution < 1.29 is 14.3 Å². The predicted octanol–water partition coefficient (Wildman–Crippen LogP) is 2.84. The molecule has 0 aliphatic heterocycles. The molecule has 1 aromatic carbocycles. The molecule has 0 saturated heterocycles. The van der Waals surface area contributed by atoms with Crippen LogP contribution in [-0.2, 0) is 4.79 Å². The number of hydrogen-bond donors (Lipinski definition) is 0. The van der Waals surface area contributed by atoms with E-state index >= 15 is 0 Å². The Morgan fingerprint density at radius 2 is 1.71 bits per heavy atom.